The van der Waals surface area contributed by atoms with Crippen LogP contribution in [0.4, 0.5) is 0 Å². The average Bonchev–Trinajstić information content (AvgIpc) is 2.69. The van der Waals surface area contributed by atoms with Crippen LogP contribution in [0.5, 0.6) is 0 Å². The van der Waals surface area contributed by atoms with E-state index in [9.17, 15) is 4.79 Å². The lowest BCUT2D eigenvalue weighted by Gasteiger charge is -2.03. The van der Waals surface area contributed by atoms with Crippen molar-refractivity contribution in [3.8, 4) is 11.3 Å². The van der Waals surface area contributed by atoms with Gasteiger partial charge in [-0.05, 0) is 21.8 Å². The zero-order valence-corrected chi connectivity index (χ0v) is 13.7. The number of fused-ring (bicyclic) bond motifs is 1. The van der Waals surface area contributed by atoms with Gasteiger partial charge in [0.1, 0.15) is 0 Å². The van der Waals surface area contributed by atoms with Gasteiger partial charge < -0.3 is 0 Å². The van der Waals surface area contributed by atoms with Crippen LogP contribution in [0.3, 0.4) is 0 Å². The molecule has 0 saturated heterocycles. The van der Waals surface area contributed by atoms with E-state index in [1.165, 1.54) is 10.8 Å². The Morgan fingerprint density at radius 1 is 0.840 bits per heavy atom. The van der Waals surface area contributed by atoms with Crippen LogP contribution in [0.1, 0.15) is 10.4 Å². The van der Waals surface area contributed by atoms with Gasteiger partial charge in [-0.15, -0.1) is 0 Å². The Hall–Kier alpha value is -3.33. The Balaban J connectivity index is 1.61. The van der Waals surface area contributed by atoms with Gasteiger partial charge in [-0.1, -0.05) is 66.7 Å². The number of aromatic nitrogens is 2. The fraction of sp³-hybridized carbons (Fsp3) is 0.0455. The molecule has 3 aromatic carbocycles. The van der Waals surface area contributed by atoms with Crippen LogP contribution in [0.25, 0.3) is 22.0 Å². The van der Waals surface area contributed by atoms with Crippen LogP contribution >= 0.6 is 0 Å². The molecule has 1 aromatic heterocycles. The summed E-state index contributed by atoms with van der Waals surface area (Å²) >= 11 is 0. The van der Waals surface area contributed by atoms with E-state index in [0.29, 0.717) is 5.56 Å². The molecule has 4 rings (SSSR count). The highest BCUT2D eigenvalue weighted by Gasteiger charge is 2.12. The summed E-state index contributed by atoms with van der Waals surface area (Å²) in [4.78, 5) is 16.9. The zero-order chi connectivity index (χ0) is 17.1. The number of Topliss-reactive ketones (excluding diaryl/α,β-unsaturated/α-hetero) is 1. The largest absolute Gasteiger partial charge is 0.290 e. The molecule has 0 unspecified atom stereocenters. The van der Waals surface area contributed by atoms with Crippen LogP contribution in [0.15, 0.2) is 91.4 Å². The van der Waals surface area contributed by atoms with Crippen molar-refractivity contribution in [2.24, 2.45) is 0 Å². The molecule has 3 nitrogen and oxygen atoms in total. The zero-order valence-electron chi connectivity index (χ0n) is 13.7. The molecule has 120 valence electrons. The minimum Gasteiger partial charge on any atom is -0.290 e. The molecule has 0 N–H and O–H groups in total. The highest BCUT2D eigenvalue weighted by molar-refractivity contribution is 5.96. The van der Waals surface area contributed by atoms with E-state index in [0.717, 1.165) is 11.3 Å². The summed E-state index contributed by atoms with van der Waals surface area (Å²) in [5.74, 6) is 0.0744. The lowest BCUT2D eigenvalue weighted by atomic mass is 10.0. The number of hydrogen-bond acceptors (Lipinski definition) is 2. The van der Waals surface area contributed by atoms with Gasteiger partial charge >= 0.3 is 0 Å². The molecule has 0 radical (unpaired) electrons. The second kappa shape index (κ2) is 6.65. The van der Waals surface area contributed by atoms with E-state index >= 15 is 0 Å². The molecule has 0 spiro atoms. The maximum Gasteiger partial charge on any atom is 0.287 e. The third-order valence-corrected chi connectivity index (χ3v) is 4.26. The highest BCUT2D eigenvalue weighted by atomic mass is 16.1. The summed E-state index contributed by atoms with van der Waals surface area (Å²) in [5, 5.41) is 2.37. The minimum atomic E-state index is 0.0744. The monoisotopic (exact) mass is 325 g/mol. The second-order valence-electron chi connectivity index (χ2n) is 5.93. The van der Waals surface area contributed by atoms with Gasteiger partial charge in [-0.2, -0.15) is 0 Å². The Kier molecular flexibility index (Phi) is 4.05. The number of nitrogens with zero attached hydrogens (tertiary/aromatic N) is 2. The van der Waals surface area contributed by atoms with Crippen LogP contribution < -0.4 is 4.57 Å². The molecule has 0 atom stereocenters. The van der Waals surface area contributed by atoms with Crippen molar-refractivity contribution < 1.29 is 9.36 Å². The van der Waals surface area contributed by atoms with Crippen molar-refractivity contribution >= 4 is 16.6 Å². The van der Waals surface area contributed by atoms with Gasteiger partial charge in [-0.25, -0.2) is 4.57 Å². The third kappa shape index (κ3) is 3.17. The molecule has 25 heavy (non-hydrogen) atoms. The molecular weight excluding hydrogens is 308 g/mol. The van der Waals surface area contributed by atoms with Crippen molar-refractivity contribution in [1.29, 1.82) is 0 Å². The van der Waals surface area contributed by atoms with Gasteiger partial charge in [0.05, 0.1) is 6.20 Å². The van der Waals surface area contributed by atoms with Crippen molar-refractivity contribution in [3.05, 3.63) is 97.0 Å². The molecule has 0 saturated carbocycles. The SMILES string of the molecule is O=C(C[n+]1ccc(-c2cccc3ccccc23)nc1)c1ccccc1. The van der Waals surface area contributed by atoms with Crippen molar-refractivity contribution in [2.45, 2.75) is 6.54 Å². The first kappa shape index (κ1) is 15.2. The quantitative estimate of drug-likeness (QED) is 0.419. The van der Waals surface area contributed by atoms with E-state index in [4.69, 9.17) is 0 Å². The first-order chi connectivity index (χ1) is 12.3. The number of hydrogen-bond donors (Lipinski definition) is 0. The highest BCUT2D eigenvalue weighted by Crippen LogP contribution is 2.26. The molecule has 0 aliphatic heterocycles. The Bertz CT molecular complexity index is 1020. The lowest BCUT2D eigenvalue weighted by molar-refractivity contribution is -0.686. The van der Waals surface area contributed by atoms with Crippen LogP contribution in [0, 0.1) is 0 Å². The van der Waals surface area contributed by atoms with E-state index in [-0.39, 0.29) is 12.3 Å². The topological polar surface area (TPSA) is 33.8 Å². The number of ketones is 1. The Labute approximate surface area is 146 Å². The molecule has 0 aliphatic carbocycles. The third-order valence-electron chi connectivity index (χ3n) is 4.26. The molecule has 0 fully saturated rings. The molecule has 4 aromatic rings. The first-order valence-corrected chi connectivity index (χ1v) is 8.23. The maximum atomic E-state index is 12.3. The maximum absolute atomic E-state index is 12.3. The predicted octanol–water partition coefficient (Wildman–Crippen LogP) is 4.07. The Morgan fingerprint density at radius 3 is 2.40 bits per heavy atom. The molecule has 0 bridgehead atoms. The second-order valence-corrected chi connectivity index (χ2v) is 5.93. The number of benzene rings is 3. The molecule has 0 amide bonds. The molecule has 0 aliphatic rings. The van der Waals surface area contributed by atoms with Gasteiger partial charge in [0.2, 0.25) is 5.78 Å². The summed E-state index contributed by atoms with van der Waals surface area (Å²) in [6.07, 6.45) is 3.63. The minimum absolute atomic E-state index is 0.0744. The predicted molar refractivity (Wildman–Crippen MR) is 98.1 cm³/mol. The number of carbonyl (C=O) groups excluding carboxylic acids is 1. The fourth-order valence-electron chi connectivity index (χ4n) is 2.97. The Morgan fingerprint density at radius 2 is 1.60 bits per heavy atom. The summed E-state index contributed by atoms with van der Waals surface area (Å²) < 4.78 is 1.81. The van der Waals surface area contributed by atoms with E-state index in [1.54, 1.807) is 6.33 Å². The van der Waals surface area contributed by atoms with Crippen molar-refractivity contribution in [1.82, 2.24) is 4.98 Å². The molecule has 3 heteroatoms. The van der Waals surface area contributed by atoms with Crippen molar-refractivity contribution in [2.75, 3.05) is 0 Å². The van der Waals surface area contributed by atoms with Crippen LogP contribution in [-0.4, -0.2) is 10.8 Å². The summed E-state index contributed by atoms with van der Waals surface area (Å²) in [7, 11) is 0. The standard InChI is InChI=1S/C22H17N2O/c25-22(18-8-2-1-3-9-18)15-24-14-13-21(23-16-24)20-12-6-10-17-7-4-5-11-19(17)20/h1-14,16H,15H2/q+1. The normalized spacial score (nSPS) is 10.7. The lowest BCUT2D eigenvalue weighted by Crippen LogP contribution is -2.37. The van der Waals surface area contributed by atoms with Crippen molar-refractivity contribution in [3.63, 3.8) is 0 Å². The number of carbonyl (C=O) groups is 1. The van der Waals surface area contributed by atoms with Gasteiger partial charge in [0, 0.05) is 17.2 Å². The fourth-order valence-corrected chi connectivity index (χ4v) is 2.97. The average molecular weight is 325 g/mol. The summed E-state index contributed by atoms with van der Waals surface area (Å²) in [6.45, 7) is 0.285. The van der Waals surface area contributed by atoms with Crippen LogP contribution in [-0.2, 0) is 6.54 Å². The molecule has 1 heterocycles. The number of rotatable bonds is 4. The summed E-state index contributed by atoms with van der Waals surface area (Å²) in [6, 6.07) is 25.8. The first-order valence-electron chi connectivity index (χ1n) is 8.23. The van der Waals surface area contributed by atoms with E-state index < -0.39 is 0 Å². The van der Waals surface area contributed by atoms with Gasteiger partial charge in [0.25, 0.3) is 6.33 Å². The van der Waals surface area contributed by atoms with Gasteiger partial charge in [-0.3, -0.25) is 4.79 Å². The summed E-state index contributed by atoms with van der Waals surface area (Å²) in [5.41, 5.74) is 2.72. The van der Waals surface area contributed by atoms with Gasteiger partial charge in [0.15, 0.2) is 12.2 Å². The smallest absolute Gasteiger partial charge is 0.287 e. The molecular formula is C22H17N2O+. The van der Waals surface area contributed by atoms with Crippen LogP contribution in [0.2, 0.25) is 0 Å². The van der Waals surface area contributed by atoms with E-state index in [2.05, 4.69) is 29.2 Å². The van der Waals surface area contributed by atoms with E-state index in [1.807, 2.05) is 65.4 Å².